The first-order valence-corrected chi connectivity index (χ1v) is 5.25. The zero-order valence-electron chi connectivity index (χ0n) is 8.25. The number of halogens is 3. The highest BCUT2D eigenvalue weighted by Crippen LogP contribution is 2.26. The summed E-state index contributed by atoms with van der Waals surface area (Å²) < 4.78 is 27.7. The van der Waals surface area contributed by atoms with Crippen LogP contribution in [0.25, 0.3) is 5.69 Å². The average Bonchev–Trinajstić information content (AvgIpc) is 2.59. The van der Waals surface area contributed by atoms with E-state index in [0.29, 0.717) is 6.07 Å². The van der Waals surface area contributed by atoms with Gasteiger partial charge in [0.05, 0.1) is 5.02 Å². The van der Waals surface area contributed by atoms with E-state index in [2.05, 4.69) is 10.2 Å². The van der Waals surface area contributed by atoms with Crippen molar-refractivity contribution < 1.29 is 13.9 Å². The summed E-state index contributed by atoms with van der Waals surface area (Å²) in [6.07, 6.45) is 0. The molecule has 2 N–H and O–H groups in total. The molecule has 17 heavy (non-hydrogen) atoms. The zero-order chi connectivity index (χ0) is 12.6. The number of rotatable bonds is 2. The van der Waals surface area contributed by atoms with Gasteiger partial charge < -0.3 is 5.11 Å². The van der Waals surface area contributed by atoms with Gasteiger partial charge in [0, 0.05) is 6.07 Å². The fourth-order valence-electron chi connectivity index (χ4n) is 1.41. The third kappa shape index (κ3) is 2.08. The van der Waals surface area contributed by atoms with Crippen molar-refractivity contribution in [1.29, 1.82) is 0 Å². The second-order valence-electron chi connectivity index (χ2n) is 3.16. The van der Waals surface area contributed by atoms with Crippen molar-refractivity contribution in [2.24, 2.45) is 0 Å². The molecule has 4 nitrogen and oxygen atoms in total. The number of aliphatic hydroxyl groups excluding tert-OH is 1. The minimum atomic E-state index is -0.887. The molecule has 1 heterocycles. The van der Waals surface area contributed by atoms with E-state index in [1.54, 1.807) is 0 Å². The van der Waals surface area contributed by atoms with Crippen LogP contribution in [0.3, 0.4) is 0 Å². The van der Waals surface area contributed by atoms with Gasteiger partial charge in [-0.05, 0) is 18.3 Å². The van der Waals surface area contributed by atoms with Gasteiger partial charge in [0.2, 0.25) is 0 Å². The Morgan fingerprint density at radius 3 is 2.76 bits per heavy atom. The molecule has 90 valence electrons. The number of nitrogens with one attached hydrogen (secondary N) is 1. The quantitative estimate of drug-likeness (QED) is 0.829. The van der Waals surface area contributed by atoms with Gasteiger partial charge in [0.15, 0.2) is 16.4 Å². The van der Waals surface area contributed by atoms with Crippen molar-refractivity contribution in [3.63, 3.8) is 0 Å². The molecular formula is C9H6ClF2N3OS. The highest BCUT2D eigenvalue weighted by Gasteiger charge is 2.16. The molecule has 0 fully saturated rings. The summed E-state index contributed by atoms with van der Waals surface area (Å²) in [5.41, 5.74) is -0.143. The Bertz CT molecular complexity index is 602. The number of hydrogen-bond acceptors (Lipinski definition) is 3. The molecule has 2 rings (SSSR count). The largest absolute Gasteiger partial charge is 0.388 e. The Morgan fingerprint density at radius 2 is 2.18 bits per heavy atom. The van der Waals surface area contributed by atoms with Crippen LogP contribution in [0.4, 0.5) is 8.78 Å². The lowest BCUT2D eigenvalue weighted by Crippen LogP contribution is -2.05. The van der Waals surface area contributed by atoms with Crippen molar-refractivity contribution in [3.05, 3.63) is 39.4 Å². The highest BCUT2D eigenvalue weighted by molar-refractivity contribution is 7.71. The molecule has 0 bridgehead atoms. The molecule has 1 aromatic heterocycles. The molecule has 0 aliphatic carbocycles. The summed E-state index contributed by atoms with van der Waals surface area (Å²) in [5, 5.41) is 15.0. The maximum atomic E-state index is 13.7. The molecule has 0 saturated carbocycles. The standard InChI is InChI=1S/C9H6ClF2N3OS/c10-5-1-4(11)2-6(12)8(5)15-7(3-16)13-14-9(15)17/h1-2,16H,3H2,(H,14,17). The molecule has 0 spiro atoms. The Kier molecular flexibility index (Phi) is 3.23. The monoisotopic (exact) mass is 277 g/mol. The lowest BCUT2D eigenvalue weighted by Gasteiger charge is -2.08. The fourth-order valence-corrected chi connectivity index (χ4v) is 1.94. The van der Waals surface area contributed by atoms with E-state index >= 15 is 0 Å². The predicted molar refractivity (Wildman–Crippen MR) is 59.6 cm³/mol. The fraction of sp³-hybridized carbons (Fsp3) is 0.111. The van der Waals surface area contributed by atoms with Gasteiger partial charge in [-0.2, -0.15) is 5.10 Å². The lowest BCUT2D eigenvalue weighted by atomic mass is 10.3. The van der Waals surface area contributed by atoms with Crippen LogP contribution in [-0.2, 0) is 6.61 Å². The molecule has 0 amide bonds. The van der Waals surface area contributed by atoms with Crippen LogP contribution in [-0.4, -0.2) is 19.9 Å². The van der Waals surface area contributed by atoms with Crippen LogP contribution in [0.5, 0.6) is 0 Å². The molecule has 0 atom stereocenters. The first kappa shape index (κ1) is 12.2. The second kappa shape index (κ2) is 4.52. The molecule has 0 aliphatic rings. The number of benzene rings is 1. The van der Waals surface area contributed by atoms with E-state index in [1.807, 2.05) is 0 Å². The minimum Gasteiger partial charge on any atom is -0.388 e. The Morgan fingerprint density at radius 1 is 1.47 bits per heavy atom. The van der Waals surface area contributed by atoms with Crippen LogP contribution >= 0.6 is 23.8 Å². The maximum Gasteiger partial charge on any atom is 0.200 e. The number of aromatic nitrogens is 3. The van der Waals surface area contributed by atoms with E-state index in [-0.39, 0.29) is 21.3 Å². The maximum absolute atomic E-state index is 13.7. The Labute approximate surface area is 104 Å². The number of nitrogens with zero attached hydrogens (tertiary/aromatic N) is 2. The number of aliphatic hydroxyl groups is 1. The van der Waals surface area contributed by atoms with Crippen molar-refractivity contribution in [3.8, 4) is 5.69 Å². The van der Waals surface area contributed by atoms with Crippen molar-refractivity contribution in [2.75, 3.05) is 0 Å². The Hall–Kier alpha value is -1.31. The molecular weight excluding hydrogens is 272 g/mol. The van der Waals surface area contributed by atoms with Crippen LogP contribution < -0.4 is 0 Å². The highest BCUT2D eigenvalue weighted by atomic mass is 35.5. The summed E-state index contributed by atoms with van der Waals surface area (Å²) >= 11 is 10.6. The zero-order valence-corrected chi connectivity index (χ0v) is 9.82. The van der Waals surface area contributed by atoms with Gasteiger partial charge in [-0.1, -0.05) is 11.6 Å². The number of hydrogen-bond donors (Lipinski definition) is 2. The van der Waals surface area contributed by atoms with Gasteiger partial charge in [-0.3, -0.25) is 9.67 Å². The van der Waals surface area contributed by atoms with Crippen LogP contribution in [0.15, 0.2) is 12.1 Å². The van der Waals surface area contributed by atoms with Crippen LogP contribution in [0, 0.1) is 16.4 Å². The SMILES string of the molecule is OCc1n[nH]c(=S)n1-c1c(F)cc(F)cc1Cl. The van der Waals surface area contributed by atoms with Crippen LogP contribution in [0.2, 0.25) is 5.02 Å². The summed E-state index contributed by atoms with van der Waals surface area (Å²) in [4.78, 5) is 0. The van der Waals surface area contributed by atoms with Gasteiger partial charge in [0.25, 0.3) is 0 Å². The predicted octanol–water partition coefficient (Wildman–Crippen LogP) is 2.35. The topological polar surface area (TPSA) is 53.8 Å². The van der Waals surface area contributed by atoms with Crippen molar-refractivity contribution in [1.82, 2.24) is 14.8 Å². The van der Waals surface area contributed by atoms with E-state index in [9.17, 15) is 8.78 Å². The molecule has 8 heteroatoms. The molecule has 0 unspecified atom stereocenters. The molecule has 1 aromatic carbocycles. The van der Waals surface area contributed by atoms with Crippen molar-refractivity contribution >= 4 is 23.8 Å². The van der Waals surface area contributed by atoms with E-state index < -0.39 is 18.2 Å². The van der Waals surface area contributed by atoms with E-state index in [4.69, 9.17) is 28.9 Å². The third-order valence-electron chi connectivity index (χ3n) is 2.09. The van der Waals surface area contributed by atoms with Crippen molar-refractivity contribution in [2.45, 2.75) is 6.61 Å². The van der Waals surface area contributed by atoms with Gasteiger partial charge >= 0.3 is 0 Å². The van der Waals surface area contributed by atoms with E-state index in [0.717, 1.165) is 10.6 Å². The van der Waals surface area contributed by atoms with Crippen LogP contribution in [0.1, 0.15) is 5.82 Å². The van der Waals surface area contributed by atoms with Gasteiger partial charge in [-0.15, -0.1) is 0 Å². The summed E-state index contributed by atoms with van der Waals surface area (Å²) in [5.74, 6) is -1.60. The molecule has 2 aromatic rings. The third-order valence-corrected chi connectivity index (χ3v) is 2.65. The summed E-state index contributed by atoms with van der Waals surface area (Å²) in [6, 6.07) is 1.63. The van der Waals surface area contributed by atoms with Gasteiger partial charge in [0.1, 0.15) is 18.1 Å². The minimum absolute atomic E-state index is 0.0569. The summed E-state index contributed by atoms with van der Waals surface area (Å²) in [7, 11) is 0. The van der Waals surface area contributed by atoms with Gasteiger partial charge in [-0.25, -0.2) is 8.78 Å². The number of H-pyrrole nitrogens is 1. The van der Waals surface area contributed by atoms with E-state index in [1.165, 1.54) is 0 Å². The Balaban J connectivity index is 2.77. The molecule has 0 aliphatic heterocycles. The lowest BCUT2D eigenvalue weighted by molar-refractivity contribution is 0.268. The first-order valence-electron chi connectivity index (χ1n) is 4.46. The average molecular weight is 278 g/mol. The summed E-state index contributed by atoms with van der Waals surface area (Å²) in [6.45, 7) is -0.458. The molecule has 0 saturated heterocycles. The first-order chi connectivity index (χ1) is 8.04. The normalized spacial score (nSPS) is 10.8. The number of aromatic amines is 1. The molecule has 0 radical (unpaired) electrons. The smallest absolute Gasteiger partial charge is 0.200 e. The second-order valence-corrected chi connectivity index (χ2v) is 3.95.